The van der Waals surface area contributed by atoms with Gasteiger partial charge in [0.15, 0.2) is 0 Å². The van der Waals surface area contributed by atoms with E-state index in [0.717, 1.165) is 0 Å². The number of morpholine rings is 1. The minimum Gasteiger partial charge on any atom is -0.495 e. The lowest BCUT2D eigenvalue weighted by Gasteiger charge is -2.23. The molecule has 0 bridgehead atoms. The Morgan fingerprint density at radius 2 is 2.44 bits per heavy atom. The lowest BCUT2D eigenvalue weighted by molar-refractivity contribution is -0.120. The Balaban J connectivity index is 2.02. The summed E-state index contributed by atoms with van der Waals surface area (Å²) in [6.07, 6.45) is 0. The molecule has 5 nitrogen and oxygen atoms in total. The van der Waals surface area contributed by atoms with E-state index >= 15 is 0 Å². The Kier molecular flexibility index (Phi) is 4.41. The van der Waals surface area contributed by atoms with E-state index in [1.807, 2.05) is 0 Å². The largest absolute Gasteiger partial charge is 0.495 e. The molecule has 2 N–H and O–H groups in total. The fraction of sp³-hybridized carbons (Fsp3) is 0.417. The number of hydrogen-bond donors (Lipinski definition) is 2. The summed E-state index contributed by atoms with van der Waals surface area (Å²) in [5, 5.41) is 6.39. The molecule has 0 saturated carbocycles. The molecule has 1 aliphatic rings. The SMILES string of the molecule is COc1cc(NC(=O)C2COCCN2)ccc1Cl. The van der Waals surface area contributed by atoms with Crippen molar-refractivity contribution in [3.8, 4) is 5.75 Å². The third-order valence-corrected chi connectivity index (χ3v) is 2.97. The van der Waals surface area contributed by atoms with Crippen molar-refractivity contribution in [2.45, 2.75) is 6.04 Å². The number of benzene rings is 1. The predicted octanol–water partition coefficient (Wildman–Crippen LogP) is 1.28. The van der Waals surface area contributed by atoms with E-state index in [0.29, 0.717) is 36.2 Å². The van der Waals surface area contributed by atoms with Crippen LogP contribution in [0.15, 0.2) is 18.2 Å². The highest BCUT2D eigenvalue weighted by Gasteiger charge is 2.21. The maximum absolute atomic E-state index is 11.9. The van der Waals surface area contributed by atoms with Gasteiger partial charge in [-0.15, -0.1) is 0 Å². The van der Waals surface area contributed by atoms with Gasteiger partial charge in [0.05, 0.1) is 25.3 Å². The summed E-state index contributed by atoms with van der Waals surface area (Å²) in [6.45, 7) is 1.71. The molecule has 0 spiro atoms. The number of halogens is 1. The fourth-order valence-corrected chi connectivity index (χ4v) is 1.90. The van der Waals surface area contributed by atoms with E-state index < -0.39 is 0 Å². The number of nitrogens with one attached hydrogen (secondary N) is 2. The molecule has 0 aliphatic carbocycles. The third-order valence-electron chi connectivity index (χ3n) is 2.66. The van der Waals surface area contributed by atoms with Crippen molar-refractivity contribution in [3.63, 3.8) is 0 Å². The second kappa shape index (κ2) is 6.04. The molecule has 1 unspecified atom stereocenters. The molecular weight excluding hydrogens is 256 g/mol. The second-order valence-electron chi connectivity index (χ2n) is 3.92. The first-order chi connectivity index (χ1) is 8.70. The minimum absolute atomic E-state index is 0.126. The number of ether oxygens (including phenoxy) is 2. The number of carbonyl (C=O) groups excluding carboxylic acids is 1. The first kappa shape index (κ1) is 13.1. The highest BCUT2D eigenvalue weighted by molar-refractivity contribution is 6.32. The summed E-state index contributed by atoms with van der Waals surface area (Å²) in [7, 11) is 1.53. The zero-order chi connectivity index (χ0) is 13.0. The first-order valence-electron chi connectivity index (χ1n) is 5.66. The van der Waals surface area contributed by atoms with Gasteiger partial charge in [0, 0.05) is 18.3 Å². The van der Waals surface area contributed by atoms with Crippen molar-refractivity contribution in [1.82, 2.24) is 5.32 Å². The van der Waals surface area contributed by atoms with Gasteiger partial charge >= 0.3 is 0 Å². The molecular formula is C12H15ClN2O3. The molecule has 1 aliphatic heterocycles. The van der Waals surface area contributed by atoms with Crippen molar-refractivity contribution in [2.75, 3.05) is 32.2 Å². The summed E-state index contributed by atoms with van der Waals surface area (Å²) in [4.78, 5) is 11.9. The molecule has 1 heterocycles. The number of rotatable bonds is 3. The van der Waals surface area contributed by atoms with Crippen LogP contribution >= 0.6 is 11.6 Å². The molecule has 1 saturated heterocycles. The van der Waals surface area contributed by atoms with Crippen LogP contribution in [0.1, 0.15) is 0 Å². The number of carbonyl (C=O) groups is 1. The van der Waals surface area contributed by atoms with E-state index in [4.69, 9.17) is 21.1 Å². The quantitative estimate of drug-likeness (QED) is 0.869. The zero-order valence-corrected chi connectivity index (χ0v) is 10.8. The van der Waals surface area contributed by atoms with E-state index in [2.05, 4.69) is 10.6 Å². The van der Waals surface area contributed by atoms with Gasteiger partial charge in [0.1, 0.15) is 11.8 Å². The maximum atomic E-state index is 11.9. The standard InChI is InChI=1S/C12H15ClN2O3/c1-17-11-6-8(2-3-9(11)13)15-12(16)10-7-18-5-4-14-10/h2-3,6,10,14H,4-5,7H2,1H3,(H,15,16). The van der Waals surface area contributed by atoms with Gasteiger partial charge in [-0.25, -0.2) is 0 Å². The Morgan fingerprint density at radius 1 is 1.61 bits per heavy atom. The monoisotopic (exact) mass is 270 g/mol. The molecule has 0 radical (unpaired) electrons. The average molecular weight is 271 g/mol. The second-order valence-corrected chi connectivity index (χ2v) is 4.33. The molecule has 1 atom stereocenters. The predicted molar refractivity (Wildman–Crippen MR) is 69.2 cm³/mol. The van der Waals surface area contributed by atoms with Crippen molar-refractivity contribution in [1.29, 1.82) is 0 Å². The highest BCUT2D eigenvalue weighted by Crippen LogP contribution is 2.27. The van der Waals surface area contributed by atoms with Gasteiger partial charge in [0.25, 0.3) is 0 Å². The van der Waals surface area contributed by atoms with Crippen molar-refractivity contribution < 1.29 is 14.3 Å². The number of anilines is 1. The van der Waals surface area contributed by atoms with E-state index in [-0.39, 0.29) is 11.9 Å². The van der Waals surface area contributed by atoms with Crippen LogP contribution in [0.4, 0.5) is 5.69 Å². The molecule has 0 aromatic heterocycles. The summed E-state index contributed by atoms with van der Waals surface area (Å²) in [6, 6.07) is 4.78. The lowest BCUT2D eigenvalue weighted by atomic mass is 10.2. The van der Waals surface area contributed by atoms with Gasteiger partial charge in [0.2, 0.25) is 5.91 Å². The molecule has 1 fully saturated rings. The van der Waals surface area contributed by atoms with Crippen LogP contribution in [0.3, 0.4) is 0 Å². The summed E-state index contributed by atoms with van der Waals surface area (Å²) in [5.74, 6) is 0.404. The molecule has 1 aromatic rings. The maximum Gasteiger partial charge on any atom is 0.243 e. The van der Waals surface area contributed by atoms with Gasteiger partial charge in [-0.05, 0) is 12.1 Å². The van der Waals surface area contributed by atoms with Crippen LogP contribution in [-0.2, 0) is 9.53 Å². The first-order valence-corrected chi connectivity index (χ1v) is 6.04. The average Bonchev–Trinajstić information content (AvgIpc) is 2.42. The number of amides is 1. The zero-order valence-electron chi connectivity index (χ0n) is 10.0. The summed E-state index contributed by atoms with van der Waals surface area (Å²) < 4.78 is 10.3. The summed E-state index contributed by atoms with van der Waals surface area (Å²) >= 11 is 5.91. The number of hydrogen-bond acceptors (Lipinski definition) is 4. The van der Waals surface area contributed by atoms with Crippen LogP contribution in [0.5, 0.6) is 5.75 Å². The van der Waals surface area contributed by atoms with Crippen LogP contribution < -0.4 is 15.4 Å². The summed E-state index contributed by atoms with van der Waals surface area (Å²) in [5.41, 5.74) is 0.647. The Labute approximate surface area is 110 Å². The molecule has 18 heavy (non-hydrogen) atoms. The van der Waals surface area contributed by atoms with Crippen LogP contribution in [-0.4, -0.2) is 38.8 Å². The van der Waals surface area contributed by atoms with Crippen molar-refractivity contribution in [3.05, 3.63) is 23.2 Å². The smallest absolute Gasteiger partial charge is 0.243 e. The van der Waals surface area contributed by atoms with Crippen LogP contribution in [0.25, 0.3) is 0 Å². The van der Waals surface area contributed by atoms with Crippen LogP contribution in [0, 0.1) is 0 Å². The minimum atomic E-state index is -0.319. The van der Waals surface area contributed by atoms with Gasteiger partial charge < -0.3 is 20.1 Å². The topological polar surface area (TPSA) is 59.6 Å². The van der Waals surface area contributed by atoms with E-state index in [1.54, 1.807) is 18.2 Å². The van der Waals surface area contributed by atoms with Crippen molar-refractivity contribution in [2.24, 2.45) is 0 Å². The van der Waals surface area contributed by atoms with Gasteiger partial charge in [-0.2, -0.15) is 0 Å². The van der Waals surface area contributed by atoms with E-state index in [9.17, 15) is 4.79 Å². The Hall–Kier alpha value is -1.30. The van der Waals surface area contributed by atoms with Crippen molar-refractivity contribution >= 4 is 23.2 Å². The number of methoxy groups -OCH3 is 1. The third kappa shape index (κ3) is 3.13. The Morgan fingerprint density at radius 3 is 3.11 bits per heavy atom. The normalized spacial score (nSPS) is 19.3. The molecule has 1 amide bonds. The molecule has 1 aromatic carbocycles. The van der Waals surface area contributed by atoms with Gasteiger partial charge in [-0.1, -0.05) is 11.6 Å². The highest BCUT2D eigenvalue weighted by atomic mass is 35.5. The molecule has 2 rings (SSSR count). The fourth-order valence-electron chi connectivity index (χ4n) is 1.70. The molecule has 98 valence electrons. The van der Waals surface area contributed by atoms with Gasteiger partial charge in [-0.3, -0.25) is 4.79 Å². The molecule has 6 heteroatoms. The van der Waals surface area contributed by atoms with Crippen LogP contribution in [0.2, 0.25) is 5.02 Å². The Bertz CT molecular complexity index is 433. The lowest BCUT2D eigenvalue weighted by Crippen LogP contribution is -2.48. The van der Waals surface area contributed by atoms with E-state index in [1.165, 1.54) is 7.11 Å².